The summed E-state index contributed by atoms with van der Waals surface area (Å²) in [7, 11) is 1.67. The Morgan fingerprint density at radius 3 is 2.69 bits per heavy atom. The lowest BCUT2D eigenvalue weighted by molar-refractivity contribution is 0.0955. The molecule has 29 heavy (non-hydrogen) atoms. The first-order valence-electron chi connectivity index (χ1n) is 9.43. The maximum absolute atomic E-state index is 12.1. The van der Waals surface area contributed by atoms with Crippen LogP contribution in [-0.4, -0.2) is 23.3 Å². The van der Waals surface area contributed by atoms with Gasteiger partial charge in [0.15, 0.2) is 5.76 Å². The van der Waals surface area contributed by atoms with Crippen molar-refractivity contribution in [2.45, 2.75) is 13.5 Å². The molecule has 2 heterocycles. The van der Waals surface area contributed by atoms with Crippen LogP contribution >= 0.6 is 11.9 Å². The van der Waals surface area contributed by atoms with Crippen LogP contribution in [0.2, 0.25) is 0 Å². The Morgan fingerprint density at radius 1 is 1.10 bits per heavy atom. The van der Waals surface area contributed by atoms with Gasteiger partial charge in [-0.05, 0) is 42.0 Å². The first kappa shape index (κ1) is 19.2. The van der Waals surface area contributed by atoms with Gasteiger partial charge in [0.2, 0.25) is 0 Å². The van der Waals surface area contributed by atoms with Gasteiger partial charge in [-0.1, -0.05) is 49.2 Å². The summed E-state index contributed by atoms with van der Waals surface area (Å²) in [4.78, 5) is 12.1. The number of fused-ring (bicyclic) bond motifs is 1. The normalized spacial score (nSPS) is 11.0. The van der Waals surface area contributed by atoms with Crippen molar-refractivity contribution in [3.63, 3.8) is 0 Å². The molecule has 6 heteroatoms. The molecule has 0 aliphatic heterocycles. The zero-order valence-electron chi connectivity index (χ0n) is 16.3. The minimum Gasteiger partial charge on any atom is -0.497 e. The fourth-order valence-corrected chi connectivity index (χ4v) is 3.70. The van der Waals surface area contributed by atoms with E-state index in [4.69, 9.17) is 9.15 Å². The Labute approximate surface area is 173 Å². The number of amides is 1. The molecule has 0 saturated heterocycles. The highest BCUT2D eigenvalue weighted by molar-refractivity contribution is 7.97. The molecule has 1 amide bonds. The van der Waals surface area contributed by atoms with E-state index in [1.54, 1.807) is 13.2 Å². The summed E-state index contributed by atoms with van der Waals surface area (Å²) in [6.07, 6.45) is 0. The second-order valence-electron chi connectivity index (χ2n) is 6.54. The molecule has 0 spiro atoms. The quantitative estimate of drug-likeness (QED) is 0.420. The number of furan rings is 1. The maximum atomic E-state index is 12.1. The number of hydrogen-bond acceptors (Lipinski definition) is 4. The van der Waals surface area contributed by atoms with Gasteiger partial charge in [-0.2, -0.15) is 0 Å². The lowest BCUT2D eigenvalue weighted by Gasteiger charge is -2.10. The summed E-state index contributed by atoms with van der Waals surface area (Å²) in [5.41, 5.74) is 3.28. The molecular weight excluding hydrogens is 384 g/mol. The number of hydrogen-bond donors (Lipinski definition) is 1. The average molecular weight is 407 g/mol. The number of benzene rings is 2. The second kappa shape index (κ2) is 8.49. The summed E-state index contributed by atoms with van der Waals surface area (Å²) in [5, 5.41) is 1.09. The number of carbonyl (C=O) groups is 1. The van der Waals surface area contributed by atoms with E-state index in [1.807, 2.05) is 43.3 Å². The van der Waals surface area contributed by atoms with Crippen LogP contribution in [0.3, 0.4) is 0 Å². The third kappa shape index (κ3) is 4.03. The van der Waals surface area contributed by atoms with E-state index in [2.05, 4.69) is 33.6 Å². The van der Waals surface area contributed by atoms with E-state index in [9.17, 15) is 4.79 Å². The standard InChI is InChI=1S/C23H22N2O3S/c1-3-29-24-23(26)22-12-10-19(28-22)15-25-20-11-9-18(27-2)13-17(20)14-21(25)16-7-5-4-6-8-16/h4-14H,3,15H2,1-2H3,(H,24,26). The zero-order valence-corrected chi connectivity index (χ0v) is 17.2. The first-order valence-corrected chi connectivity index (χ1v) is 10.4. The van der Waals surface area contributed by atoms with Gasteiger partial charge in [0.1, 0.15) is 11.5 Å². The topological polar surface area (TPSA) is 56.4 Å². The molecule has 1 N–H and O–H groups in total. The summed E-state index contributed by atoms with van der Waals surface area (Å²) in [5.74, 6) is 2.45. The van der Waals surface area contributed by atoms with Crippen LogP contribution in [0.15, 0.2) is 71.1 Å². The van der Waals surface area contributed by atoms with Gasteiger partial charge < -0.3 is 13.7 Å². The van der Waals surface area contributed by atoms with Crippen molar-refractivity contribution < 1.29 is 13.9 Å². The van der Waals surface area contributed by atoms with Crippen LogP contribution < -0.4 is 9.46 Å². The van der Waals surface area contributed by atoms with Gasteiger partial charge in [0.25, 0.3) is 5.91 Å². The predicted octanol–water partition coefficient (Wildman–Crippen LogP) is 5.36. The van der Waals surface area contributed by atoms with Crippen molar-refractivity contribution in [1.82, 2.24) is 9.29 Å². The lowest BCUT2D eigenvalue weighted by Crippen LogP contribution is -2.15. The second-order valence-corrected chi connectivity index (χ2v) is 7.61. The van der Waals surface area contributed by atoms with Gasteiger partial charge in [0, 0.05) is 22.3 Å². The Kier molecular flexibility index (Phi) is 5.62. The summed E-state index contributed by atoms with van der Waals surface area (Å²) in [6.45, 7) is 2.50. The number of carbonyl (C=O) groups excluding carboxylic acids is 1. The SMILES string of the molecule is CCSNC(=O)c1ccc(Cn2c(-c3ccccc3)cc3cc(OC)ccc32)o1. The molecular formula is C23H22N2O3S. The molecule has 4 rings (SSSR count). The minimum absolute atomic E-state index is 0.214. The number of ether oxygens (including phenoxy) is 1. The monoisotopic (exact) mass is 406 g/mol. The number of aromatic nitrogens is 1. The maximum Gasteiger partial charge on any atom is 0.296 e. The zero-order chi connectivity index (χ0) is 20.2. The molecule has 148 valence electrons. The fraction of sp³-hybridized carbons (Fsp3) is 0.174. The van der Waals surface area contributed by atoms with Crippen LogP contribution in [0.1, 0.15) is 23.2 Å². The van der Waals surface area contributed by atoms with Gasteiger partial charge in [-0.3, -0.25) is 9.52 Å². The summed E-state index contributed by atoms with van der Waals surface area (Å²) < 4.78 is 16.2. The molecule has 0 unspecified atom stereocenters. The van der Waals surface area contributed by atoms with E-state index in [1.165, 1.54) is 11.9 Å². The van der Waals surface area contributed by atoms with Crippen molar-refractivity contribution in [2.75, 3.05) is 12.9 Å². The summed E-state index contributed by atoms with van der Waals surface area (Å²) >= 11 is 1.35. The molecule has 2 aromatic carbocycles. The van der Waals surface area contributed by atoms with E-state index in [0.29, 0.717) is 12.3 Å². The van der Waals surface area contributed by atoms with Gasteiger partial charge >= 0.3 is 0 Å². The Balaban J connectivity index is 1.72. The van der Waals surface area contributed by atoms with Crippen molar-refractivity contribution in [1.29, 1.82) is 0 Å². The average Bonchev–Trinajstić information content (AvgIpc) is 3.37. The Hall–Kier alpha value is -3.12. The third-order valence-corrected chi connectivity index (χ3v) is 5.31. The third-order valence-electron chi connectivity index (χ3n) is 4.69. The van der Waals surface area contributed by atoms with Crippen LogP contribution in [0.4, 0.5) is 0 Å². The highest BCUT2D eigenvalue weighted by Crippen LogP contribution is 2.31. The van der Waals surface area contributed by atoms with E-state index in [-0.39, 0.29) is 5.91 Å². The number of methoxy groups -OCH3 is 1. The molecule has 0 aliphatic rings. The minimum atomic E-state index is -0.214. The van der Waals surface area contributed by atoms with Gasteiger partial charge in [-0.15, -0.1) is 0 Å². The van der Waals surface area contributed by atoms with Crippen LogP contribution in [0.5, 0.6) is 5.75 Å². The van der Waals surface area contributed by atoms with Crippen LogP contribution in [0.25, 0.3) is 22.2 Å². The summed E-state index contributed by atoms with van der Waals surface area (Å²) in [6, 6.07) is 22.0. The van der Waals surface area contributed by atoms with Crippen molar-refractivity contribution >= 4 is 28.8 Å². The highest BCUT2D eigenvalue weighted by Gasteiger charge is 2.15. The van der Waals surface area contributed by atoms with E-state index in [0.717, 1.165) is 39.4 Å². The molecule has 2 aromatic heterocycles. The smallest absolute Gasteiger partial charge is 0.296 e. The van der Waals surface area contributed by atoms with Gasteiger partial charge in [-0.25, -0.2) is 0 Å². The van der Waals surface area contributed by atoms with Crippen molar-refractivity contribution in [3.05, 3.63) is 78.3 Å². The molecule has 0 fully saturated rings. The largest absolute Gasteiger partial charge is 0.497 e. The lowest BCUT2D eigenvalue weighted by atomic mass is 10.1. The number of nitrogens with one attached hydrogen (secondary N) is 1. The van der Waals surface area contributed by atoms with Crippen molar-refractivity contribution in [3.8, 4) is 17.0 Å². The molecule has 0 bridgehead atoms. The molecule has 5 nitrogen and oxygen atoms in total. The molecule has 0 radical (unpaired) electrons. The number of rotatable bonds is 7. The predicted molar refractivity (Wildman–Crippen MR) is 117 cm³/mol. The molecule has 0 saturated carbocycles. The fourth-order valence-electron chi connectivity index (χ4n) is 3.32. The van der Waals surface area contributed by atoms with E-state index >= 15 is 0 Å². The van der Waals surface area contributed by atoms with E-state index < -0.39 is 0 Å². The van der Waals surface area contributed by atoms with Crippen LogP contribution in [-0.2, 0) is 6.54 Å². The molecule has 0 aliphatic carbocycles. The Bertz CT molecular complexity index is 1130. The Morgan fingerprint density at radius 2 is 1.93 bits per heavy atom. The van der Waals surface area contributed by atoms with Crippen molar-refractivity contribution in [2.24, 2.45) is 0 Å². The van der Waals surface area contributed by atoms with Gasteiger partial charge in [0.05, 0.1) is 13.7 Å². The first-order chi connectivity index (χ1) is 14.2. The molecule has 4 aromatic rings. The number of nitrogens with zero attached hydrogens (tertiary/aromatic N) is 1. The molecule has 0 atom stereocenters. The van der Waals surface area contributed by atoms with Crippen LogP contribution in [0, 0.1) is 0 Å². The highest BCUT2D eigenvalue weighted by atomic mass is 32.2.